The van der Waals surface area contributed by atoms with Crippen molar-refractivity contribution < 1.29 is 58.3 Å². The number of halogens is 3. The molecule has 16 heteroatoms. The van der Waals surface area contributed by atoms with E-state index in [1.54, 1.807) is 26.1 Å². The number of esters is 2. The van der Waals surface area contributed by atoms with Crippen molar-refractivity contribution in [1.29, 1.82) is 0 Å². The third-order valence-electron chi connectivity index (χ3n) is 25.4. The van der Waals surface area contributed by atoms with Crippen LogP contribution in [0.4, 0.5) is 4.39 Å². The number of aliphatic hydroxyl groups is 3. The fourth-order valence-electron chi connectivity index (χ4n) is 21.0. The number of nitrogens with zero attached hydrogens (tertiary/aromatic N) is 2. The zero-order valence-electron chi connectivity index (χ0n) is 56.5. The number of hydrogen-bond acceptors (Lipinski definition) is 11. The maximum Gasteiger partial charge on any atom is 0.331 e. The van der Waals surface area contributed by atoms with Crippen LogP contribution in [0.1, 0.15) is 176 Å². The highest BCUT2D eigenvalue weighted by Gasteiger charge is 2.77. The monoisotopic (exact) mass is 1330 g/mol. The van der Waals surface area contributed by atoms with Crippen molar-refractivity contribution in [2.24, 2.45) is 68.5 Å². The van der Waals surface area contributed by atoms with Crippen LogP contribution < -0.4 is 0 Å². The van der Waals surface area contributed by atoms with Crippen LogP contribution in [-0.4, -0.2) is 101 Å². The number of carbonyl (C=O) groups is 5. The Morgan fingerprint density at radius 3 is 2.04 bits per heavy atom. The van der Waals surface area contributed by atoms with Crippen LogP contribution in [0.25, 0.3) is 0 Å². The van der Waals surface area contributed by atoms with Gasteiger partial charge in [-0.25, -0.2) is 14.2 Å². The van der Waals surface area contributed by atoms with Gasteiger partial charge in [-0.2, -0.15) is 0 Å². The first kappa shape index (κ1) is 70.8. The van der Waals surface area contributed by atoms with Gasteiger partial charge in [0.1, 0.15) is 11.6 Å². The minimum Gasteiger partial charge on any atom is -0.478 e. The van der Waals surface area contributed by atoms with E-state index in [0.29, 0.717) is 62.0 Å². The molecule has 3 aromatic carbocycles. The number of carboxylic acid groups (broad SMARTS) is 1. The van der Waals surface area contributed by atoms with Crippen molar-refractivity contribution in [1.82, 2.24) is 9.55 Å². The topological polar surface area (TPSA) is 203 Å². The van der Waals surface area contributed by atoms with E-state index in [1.165, 1.54) is 19.1 Å². The van der Waals surface area contributed by atoms with Gasteiger partial charge in [-0.3, -0.25) is 19.2 Å². The number of aliphatic hydroxyl groups excluding tert-OH is 3. The minimum atomic E-state index is -1.99. The number of allylic oxidation sites excluding steroid dienone is 6. The maximum absolute atomic E-state index is 17.2. The van der Waals surface area contributed by atoms with Crippen molar-refractivity contribution in [2.75, 3.05) is 5.88 Å². The summed E-state index contributed by atoms with van der Waals surface area (Å²) >= 11 is 12.7. The number of ketones is 2. The van der Waals surface area contributed by atoms with Crippen molar-refractivity contribution in [2.45, 2.75) is 201 Å². The standard InChI is InChI=1S/C31H48O6.C25H32ClFO5.C22H17ClN2/c1-17(2)9-8-10-20(28(35)36)26-22-15-24(34)27-29(5)13-12-23(33)18(3)21(29)11-14-30(27,6)31(22,7)16-25(26)37-19(4)32;1-5-21(31)32-25(20(30)13-26)14(2)10-18-17-7-6-15-11-16(28)8-9-22(15,3)24(17,27)19(29)12-23(18,25)4;23-21-14-8-7-13-20(21)22(25-16-15-24-17-25,18-9-3-1-4-10-18)19-11-5-2-6-12-19/h9,18,21-25,27,33-34H,8,10-16H2,1-7H3,(H,35,36);8-9,11,14,17-19,29H,5-7,10,12-13H2,1-4H3;1-17H/b26-20-;;/t18-,21-,22-,23+,24+,25-,27-,29-,30-,31-;14-,17-,18-,19-,22-,23-,24-,25-;/m00./s1. The van der Waals surface area contributed by atoms with Gasteiger partial charge >= 0.3 is 17.9 Å². The molecule has 506 valence electrons. The molecule has 8 aliphatic carbocycles. The lowest BCUT2D eigenvalue weighted by molar-refractivity contribution is -0.234. The number of Topliss-reactive ketones (excluding diaryl/α,β-unsaturated/α-hetero) is 1. The van der Waals surface area contributed by atoms with E-state index < -0.39 is 69.8 Å². The van der Waals surface area contributed by atoms with Crippen molar-refractivity contribution in [3.8, 4) is 0 Å². The molecular formula is C78H97Cl2FN2O11. The van der Waals surface area contributed by atoms with Gasteiger partial charge in [0, 0.05) is 64.6 Å². The normalized spacial score (nSPS) is 37.3. The van der Waals surface area contributed by atoms with Gasteiger partial charge < -0.3 is 34.5 Å². The summed E-state index contributed by atoms with van der Waals surface area (Å²) in [6.45, 7) is 21.6. The van der Waals surface area contributed by atoms with Gasteiger partial charge in [0.2, 0.25) is 0 Å². The number of aromatic nitrogens is 2. The lowest BCUT2D eigenvalue weighted by Crippen LogP contribution is -2.70. The first-order valence-corrected chi connectivity index (χ1v) is 34.9. The van der Waals surface area contributed by atoms with Gasteiger partial charge in [-0.15, -0.1) is 11.6 Å². The molecule has 0 bridgehead atoms. The van der Waals surface area contributed by atoms with Gasteiger partial charge in [-0.1, -0.05) is 162 Å². The number of fused-ring (bicyclic) bond motifs is 10. The van der Waals surface area contributed by atoms with Crippen LogP contribution in [0.3, 0.4) is 0 Å². The van der Waals surface area contributed by atoms with Crippen LogP contribution in [0, 0.1) is 68.5 Å². The molecule has 7 saturated carbocycles. The predicted molar refractivity (Wildman–Crippen MR) is 362 cm³/mol. The summed E-state index contributed by atoms with van der Waals surface area (Å²) in [7, 11) is 0. The second-order valence-electron chi connectivity index (χ2n) is 30.1. The summed E-state index contributed by atoms with van der Waals surface area (Å²) < 4.78 is 31.1. The summed E-state index contributed by atoms with van der Waals surface area (Å²) in [5.41, 5.74) is -0.567. The van der Waals surface area contributed by atoms with E-state index in [-0.39, 0.29) is 82.2 Å². The van der Waals surface area contributed by atoms with Crippen molar-refractivity contribution >= 4 is 52.7 Å². The molecule has 94 heavy (non-hydrogen) atoms. The number of benzene rings is 3. The lowest BCUT2D eigenvalue weighted by atomic mass is 9.36. The number of ether oxygens (including phenoxy) is 2. The number of alkyl halides is 2. The molecule has 18 atom stereocenters. The number of carboxylic acids is 1. The first-order valence-electron chi connectivity index (χ1n) is 34.0. The molecule has 0 radical (unpaired) electrons. The quantitative estimate of drug-likeness (QED) is 0.0325. The molecular weight excluding hydrogens is 1230 g/mol. The minimum absolute atomic E-state index is 0.0285. The average molecular weight is 1330 g/mol. The fourth-order valence-corrected chi connectivity index (χ4v) is 21.5. The SMILES string of the molecule is CC(=O)O[C@H]1C[C@@]2(C)[C@@H](C[C@@H](O)[C@H]3[C@@]4(C)CC[C@@H](O)[C@@H](C)[C@@H]4CC[C@@]32C)/C1=C(\CCC=C(C)C)C(=O)O.CCC(=O)O[C@]1(C(=O)CCl)[C@@H](C)C[C@H]2[C@@H]3CCC4=CC(=O)C=C[C@]4(C)[C@@]3(F)[C@@H](O)C[C@@]21C.Clc1ccccc1C(c1ccccc1)(c1ccccc1)n1ccnc1. The second-order valence-corrected chi connectivity index (χ2v) is 30.7. The highest BCUT2D eigenvalue weighted by Crippen LogP contribution is 2.75. The Morgan fingerprint density at radius 1 is 0.809 bits per heavy atom. The third kappa shape index (κ3) is 11.2. The van der Waals surface area contributed by atoms with Crippen molar-refractivity contribution in [3.05, 3.63) is 172 Å². The molecule has 1 aromatic heterocycles. The smallest absolute Gasteiger partial charge is 0.331 e. The predicted octanol–water partition coefficient (Wildman–Crippen LogP) is 15.1. The molecule has 0 aliphatic heterocycles. The summed E-state index contributed by atoms with van der Waals surface area (Å²) in [6, 6.07) is 28.8. The first-order chi connectivity index (χ1) is 44.4. The van der Waals surface area contributed by atoms with Crippen molar-refractivity contribution in [3.63, 3.8) is 0 Å². The van der Waals surface area contributed by atoms with Crippen LogP contribution in [-0.2, 0) is 39.0 Å². The molecule has 8 aliphatic rings. The molecule has 7 fully saturated rings. The second kappa shape index (κ2) is 26.8. The summed E-state index contributed by atoms with van der Waals surface area (Å²) in [4.78, 5) is 66.8. The maximum atomic E-state index is 17.2. The third-order valence-corrected chi connectivity index (χ3v) is 26.0. The van der Waals surface area contributed by atoms with E-state index in [0.717, 1.165) is 58.5 Å². The summed E-state index contributed by atoms with van der Waals surface area (Å²) in [5.74, 6) is -3.48. The zero-order chi connectivity index (χ0) is 68.3. The van der Waals surface area contributed by atoms with Crippen LogP contribution in [0.2, 0.25) is 5.02 Å². The van der Waals surface area contributed by atoms with Crippen LogP contribution in [0.15, 0.2) is 150 Å². The number of hydrogen-bond donors (Lipinski definition) is 4. The Balaban J connectivity index is 0.000000157. The van der Waals surface area contributed by atoms with Gasteiger partial charge in [0.25, 0.3) is 0 Å². The van der Waals surface area contributed by atoms with Crippen LogP contribution >= 0.6 is 23.2 Å². The molecule has 13 nitrogen and oxygen atoms in total. The summed E-state index contributed by atoms with van der Waals surface area (Å²) in [6.07, 6.45) is 16.5. The highest BCUT2D eigenvalue weighted by molar-refractivity contribution is 6.31. The van der Waals surface area contributed by atoms with Gasteiger partial charge in [0.15, 0.2) is 22.8 Å². The highest BCUT2D eigenvalue weighted by atomic mass is 35.5. The lowest BCUT2D eigenvalue weighted by Gasteiger charge is -2.69. The summed E-state index contributed by atoms with van der Waals surface area (Å²) in [5, 5.41) is 45.0. The van der Waals surface area contributed by atoms with E-state index in [4.69, 9.17) is 32.7 Å². The Labute approximate surface area is 564 Å². The molecule has 0 unspecified atom stereocenters. The fraction of sp³-hybridized carbons (Fsp3) is 0.564. The van der Waals surface area contributed by atoms with Crippen LogP contribution in [0.5, 0.6) is 0 Å². The molecule has 1 heterocycles. The molecule has 0 spiro atoms. The number of rotatable bonds is 13. The van der Waals surface area contributed by atoms with E-state index in [1.807, 2.05) is 76.6 Å². The number of imidazole rings is 1. The molecule has 4 N–H and O–H groups in total. The average Bonchev–Trinajstić information content (AvgIpc) is 1.36. The Hall–Kier alpha value is -6.03. The van der Waals surface area contributed by atoms with E-state index in [2.05, 4.69) is 91.8 Å². The molecule has 12 rings (SSSR count). The van der Waals surface area contributed by atoms with E-state index >= 15 is 4.39 Å². The number of aliphatic carboxylic acids is 1. The Kier molecular flexibility index (Phi) is 20.1. The molecule has 0 amide bonds. The Morgan fingerprint density at radius 2 is 1.46 bits per heavy atom. The largest absolute Gasteiger partial charge is 0.478 e. The molecule has 4 aromatic rings. The Bertz CT molecular complexity index is 3590. The number of carbonyl (C=O) groups excluding carboxylic acids is 4. The van der Waals surface area contributed by atoms with Gasteiger partial charge in [0.05, 0.1) is 30.5 Å². The van der Waals surface area contributed by atoms with E-state index in [9.17, 15) is 44.4 Å². The van der Waals surface area contributed by atoms with Gasteiger partial charge in [-0.05, 0) is 179 Å². The molecule has 0 saturated heterocycles. The zero-order valence-corrected chi connectivity index (χ0v) is 58.1.